The molecular weight excluding hydrogens is 562 g/mol. The van der Waals surface area contributed by atoms with Crippen LogP contribution in [-0.2, 0) is 26.0 Å². The average molecular weight is 606 g/mol. The second-order valence-corrected chi connectivity index (χ2v) is 12.9. The third-order valence-electron chi connectivity index (χ3n) is 7.90. The molecule has 0 unspecified atom stereocenters. The number of carbonyl (C=O) groups is 2. The number of hydrogen-bond donors (Lipinski definition) is 1. The van der Waals surface area contributed by atoms with Gasteiger partial charge in [-0.3, -0.25) is 13.9 Å². The minimum Gasteiger partial charge on any atom is -0.494 e. The second-order valence-electron chi connectivity index (χ2n) is 11.0. The van der Waals surface area contributed by atoms with Crippen LogP contribution in [0.3, 0.4) is 0 Å². The number of rotatable bonds is 14. The van der Waals surface area contributed by atoms with Crippen LogP contribution in [0, 0.1) is 6.92 Å². The van der Waals surface area contributed by atoms with Crippen LogP contribution in [-0.4, -0.2) is 56.9 Å². The number of amides is 2. The zero-order valence-corrected chi connectivity index (χ0v) is 26.2. The zero-order chi connectivity index (χ0) is 30.8. The molecule has 0 bridgehead atoms. The Bertz CT molecular complexity index is 1440. The number of carbonyl (C=O) groups excluding carboxylic acids is 2. The predicted molar refractivity (Wildman–Crippen MR) is 170 cm³/mol. The first kappa shape index (κ1) is 32.1. The van der Waals surface area contributed by atoms with Gasteiger partial charge >= 0.3 is 0 Å². The molecule has 2 amide bonds. The van der Waals surface area contributed by atoms with Gasteiger partial charge in [0.25, 0.3) is 10.0 Å². The fraction of sp³-hybridized carbons (Fsp3) is 0.412. The number of sulfonamides is 1. The molecule has 1 saturated carbocycles. The summed E-state index contributed by atoms with van der Waals surface area (Å²) in [4.78, 5) is 29.4. The molecule has 1 fully saturated rings. The van der Waals surface area contributed by atoms with Crippen LogP contribution in [0.4, 0.5) is 5.69 Å². The molecule has 43 heavy (non-hydrogen) atoms. The molecule has 1 aliphatic carbocycles. The van der Waals surface area contributed by atoms with Crippen molar-refractivity contribution in [3.8, 4) is 5.75 Å². The van der Waals surface area contributed by atoms with E-state index in [1.54, 1.807) is 53.4 Å². The highest BCUT2D eigenvalue weighted by atomic mass is 32.2. The Balaban J connectivity index is 1.67. The normalized spacial score (nSPS) is 14.2. The summed E-state index contributed by atoms with van der Waals surface area (Å²) in [5.41, 5.74) is 2.29. The van der Waals surface area contributed by atoms with E-state index in [1.165, 1.54) is 0 Å². The zero-order valence-electron chi connectivity index (χ0n) is 25.4. The third-order valence-corrected chi connectivity index (χ3v) is 9.68. The molecule has 1 atom stereocenters. The van der Waals surface area contributed by atoms with E-state index >= 15 is 0 Å². The summed E-state index contributed by atoms with van der Waals surface area (Å²) in [6.07, 6.45) is 4.96. The lowest BCUT2D eigenvalue weighted by Gasteiger charge is -2.33. The Labute approximate surface area is 256 Å². The number of ether oxygens (including phenoxy) is 1. The first-order valence-electron chi connectivity index (χ1n) is 15.2. The molecule has 3 aromatic rings. The molecular formula is C34H43N3O5S. The molecule has 0 aliphatic heterocycles. The van der Waals surface area contributed by atoms with Gasteiger partial charge in [0.1, 0.15) is 18.3 Å². The van der Waals surface area contributed by atoms with Gasteiger partial charge < -0.3 is 15.0 Å². The van der Waals surface area contributed by atoms with Gasteiger partial charge in [0.15, 0.2) is 0 Å². The van der Waals surface area contributed by atoms with Crippen LogP contribution in [0.1, 0.15) is 57.1 Å². The van der Waals surface area contributed by atoms with Gasteiger partial charge in [0.2, 0.25) is 11.8 Å². The van der Waals surface area contributed by atoms with Crippen LogP contribution in [0.5, 0.6) is 5.75 Å². The number of nitrogens with zero attached hydrogens (tertiary/aromatic N) is 2. The van der Waals surface area contributed by atoms with Gasteiger partial charge in [-0.15, -0.1) is 0 Å². The van der Waals surface area contributed by atoms with Crippen LogP contribution in [0.25, 0.3) is 0 Å². The molecule has 0 heterocycles. The van der Waals surface area contributed by atoms with Crippen molar-refractivity contribution in [1.82, 2.24) is 10.2 Å². The molecule has 3 aromatic carbocycles. The summed E-state index contributed by atoms with van der Waals surface area (Å²) >= 11 is 0. The second kappa shape index (κ2) is 15.0. The maximum atomic E-state index is 14.2. The highest BCUT2D eigenvalue weighted by molar-refractivity contribution is 7.92. The van der Waals surface area contributed by atoms with Crippen molar-refractivity contribution in [1.29, 1.82) is 0 Å². The molecule has 8 nitrogen and oxygen atoms in total. The molecule has 9 heteroatoms. The van der Waals surface area contributed by atoms with E-state index in [-0.39, 0.29) is 23.4 Å². The quantitative estimate of drug-likeness (QED) is 0.262. The fourth-order valence-corrected chi connectivity index (χ4v) is 6.92. The third kappa shape index (κ3) is 8.38. The van der Waals surface area contributed by atoms with Crippen molar-refractivity contribution < 1.29 is 22.7 Å². The SMILES string of the molecule is CCOc1ccc(N(CC(=O)N(CCc2ccccc2)[C@H](CC)C(=O)NC2CCCC2)S(=O)(=O)c2ccc(C)cc2)cc1. The fourth-order valence-electron chi connectivity index (χ4n) is 5.50. The monoisotopic (exact) mass is 605 g/mol. The van der Waals surface area contributed by atoms with Gasteiger partial charge in [-0.1, -0.05) is 67.8 Å². The van der Waals surface area contributed by atoms with Gasteiger partial charge in [-0.05, 0) is 81.5 Å². The maximum absolute atomic E-state index is 14.2. The smallest absolute Gasteiger partial charge is 0.264 e. The van der Waals surface area contributed by atoms with Crippen molar-refractivity contribution in [2.75, 3.05) is 24.0 Å². The number of nitrogens with one attached hydrogen (secondary N) is 1. The van der Waals surface area contributed by atoms with E-state index in [2.05, 4.69) is 5.32 Å². The van der Waals surface area contributed by atoms with E-state index in [0.29, 0.717) is 30.9 Å². The van der Waals surface area contributed by atoms with Gasteiger partial charge in [0, 0.05) is 12.6 Å². The van der Waals surface area contributed by atoms with E-state index in [1.807, 2.05) is 51.1 Å². The van der Waals surface area contributed by atoms with Crippen LogP contribution in [0.15, 0.2) is 83.8 Å². The summed E-state index contributed by atoms with van der Waals surface area (Å²) in [5.74, 6) is -0.0249. The van der Waals surface area contributed by atoms with E-state index in [0.717, 1.165) is 41.1 Å². The van der Waals surface area contributed by atoms with Gasteiger partial charge in [-0.25, -0.2) is 8.42 Å². The molecule has 0 saturated heterocycles. The van der Waals surface area contributed by atoms with Gasteiger partial charge in [-0.2, -0.15) is 0 Å². The summed E-state index contributed by atoms with van der Waals surface area (Å²) in [7, 11) is -4.12. The Morgan fingerprint density at radius 2 is 1.58 bits per heavy atom. The molecule has 1 N–H and O–H groups in total. The Kier molecular flexibility index (Phi) is 11.2. The van der Waals surface area contributed by atoms with Crippen molar-refractivity contribution in [2.45, 2.75) is 76.3 Å². The average Bonchev–Trinajstić information content (AvgIpc) is 3.52. The standard InChI is InChI=1S/C34H43N3O5S/c1-4-32(34(39)35-28-13-9-10-14-28)36(24-23-27-11-7-6-8-12-27)33(38)25-37(29-17-19-30(20-18-29)42-5-2)43(40,41)31-21-15-26(3)16-22-31/h6-8,11-12,15-22,28,32H,4-5,9-10,13-14,23-25H2,1-3H3,(H,35,39)/t32-/m1/s1. The molecule has 230 valence electrons. The highest BCUT2D eigenvalue weighted by Gasteiger charge is 2.34. The maximum Gasteiger partial charge on any atom is 0.264 e. The van der Waals surface area contributed by atoms with Crippen LogP contribution in [0.2, 0.25) is 0 Å². The summed E-state index contributed by atoms with van der Waals surface area (Å²) in [5, 5.41) is 3.15. The van der Waals surface area contributed by atoms with Crippen LogP contribution < -0.4 is 14.4 Å². The molecule has 0 spiro atoms. The summed E-state index contributed by atoms with van der Waals surface area (Å²) < 4.78 is 34.8. The van der Waals surface area contributed by atoms with Crippen molar-refractivity contribution in [3.63, 3.8) is 0 Å². The number of anilines is 1. The largest absolute Gasteiger partial charge is 0.494 e. The minimum atomic E-state index is -4.12. The van der Waals surface area contributed by atoms with E-state index < -0.39 is 28.5 Å². The number of hydrogen-bond acceptors (Lipinski definition) is 5. The number of aryl methyl sites for hydroxylation is 1. The summed E-state index contributed by atoms with van der Waals surface area (Å²) in [6, 6.07) is 22.4. The Morgan fingerprint density at radius 1 is 0.930 bits per heavy atom. The minimum absolute atomic E-state index is 0.0849. The molecule has 0 aromatic heterocycles. The van der Waals surface area contributed by atoms with E-state index in [9.17, 15) is 18.0 Å². The Hall–Kier alpha value is -3.85. The first-order valence-corrected chi connectivity index (χ1v) is 16.6. The molecule has 1 aliphatic rings. The van der Waals surface area contributed by atoms with Crippen molar-refractivity contribution in [2.24, 2.45) is 0 Å². The van der Waals surface area contributed by atoms with E-state index in [4.69, 9.17) is 4.74 Å². The van der Waals surface area contributed by atoms with Crippen molar-refractivity contribution >= 4 is 27.5 Å². The topological polar surface area (TPSA) is 96.0 Å². The predicted octanol–water partition coefficient (Wildman–Crippen LogP) is 5.50. The molecule has 4 rings (SSSR count). The lowest BCUT2D eigenvalue weighted by atomic mass is 10.1. The molecule has 0 radical (unpaired) electrons. The van der Waals surface area contributed by atoms with Crippen LogP contribution >= 0.6 is 0 Å². The van der Waals surface area contributed by atoms with Gasteiger partial charge in [0.05, 0.1) is 17.2 Å². The summed E-state index contributed by atoms with van der Waals surface area (Å²) in [6.45, 7) is 5.94. The lowest BCUT2D eigenvalue weighted by Crippen LogP contribution is -2.54. The first-order chi connectivity index (χ1) is 20.7. The van der Waals surface area contributed by atoms with Crippen molar-refractivity contribution in [3.05, 3.63) is 90.0 Å². The number of benzene rings is 3. The lowest BCUT2D eigenvalue weighted by molar-refractivity contribution is -0.139. The Morgan fingerprint density at radius 3 is 2.19 bits per heavy atom. The highest BCUT2D eigenvalue weighted by Crippen LogP contribution is 2.27.